The normalized spacial score (nSPS) is 37.9. The first-order valence-corrected chi connectivity index (χ1v) is 10.3. The lowest BCUT2D eigenvalue weighted by atomic mass is 9.49. The summed E-state index contributed by atoms with van der Waals surface area (Å²) in [6, 6.07) is 4.16. The maximum atomic E-state index is 13.0. The Labute approximate surface area is 154 Å². The van der Waals surface area contributed by atoms with Crippen LogP contribution in [0.2, 0.25) is 0 Å². The zero-order valence-corrected chi connectivity index (χ0v) is 15.4. The SMILES string of the molecule is O=C(CNC(=O)C12CC3CC(CC(C3)C1)C2)N1CCC[C@@H]1c1ccc[nH]1. The molecule has 140 valence electrons. The summed E-state index contributed by atoms with van der Waals surface area (Å²) in [6.45, 7) is 0.938. The lowest BCUT2D eigenvalue weighted by Gasteiger charge is -2.55. The zero-order chi connectivity index (χ0) is 17.7. The van der Waals surface area contributed by atoms with Crippen molar-refractivity contribution in [3.8, 4) is 0 Å². The summed E-state index contributed by atoms with van der Waals surface area (Å²) >= 11 is 0. The fraction of sp³-hybridized carbons (Fsp3) is 0.714. The predicted octanol–water partition coefficient (Wildman–Crippen LogP) is 3.01. The van der Waals surface area contributed by atoms with Gasteiger partial charge in [0.15, 0.2) is 0 Å². The average Bonchev–Trinajstić information content (AvgIpc) is 3.28. The minimum atomic E-state index is -0.168. The second kappa shape index (κ2) is 6.14. The molecule has 0 spiro atoms. The van der Waals surface area contributed by atoms with E-state index in [4.69, 9.17) is 0 Å². The van der Waals surface area contributed by atoms with Crippen LogP contribution >= 0.6 is 0 Å². The van der Waals surface area contributed by atoms with Crippen LogP contribution in [-0.2, 0) is 9.59 Å². The smallest absolute Gasteiger partial charge is 0.242 e. The standard InChI is InChI=1S/C21H29N3O2/c25-19(24-6-2-4-18(24)17-3-1-5-22-17)13-23-20(26)21-10-14-7-15(11-21)9-16(8-14)12-21/h1,3,5,14-16,18,22H,2,4,6-13H2,(H,23,26)/t14?,15?,16?,18-,21?/m1/s1. The van der Waals surface area contributed by atoms with E-state index in [9.17, 15) is 9.59 Å². The number of nitrogens with zero attached hydrogens (tertiary/aromatic N) is 1. The first-order valence-electron chi connectivity index (χ1n) is 10.3. The monoisotopic (exact) mass is 355 g/mol. The van der Waals surface area contributed by atoms with Crippen LogP contribution in [0.3, 0.4) is 0 Å². The van der Waals surface area contributed by atoms with E-state index < -0.39 is 0 Å². The number of carbonyl (C=O) groups is 2. The van der Waals surface area contributed by atoms with Gasteiger partial charge in [0.05, 0.1) is 12.6 Å². The highest BCUT2D eigenvalue weighted by atomic mass is 16.2. The van der Waals surface area contributed by atoms with E-state index in [1.807, 2.05) is 23.2 Å². The van der Waals surface area contributed by atoms with Crippen molar-refractivity contribution in [2.45, 2.75) is 57.4 Å². The molecule has 4 saturated carbocycles. The molecule has 2 N–H and O–H groups in total. The maximum absolute atomic E-state index is 13.0. The summed E-state index contributed by atoms with van der Waals surface area (Å²) in [5.41, 5.74) is 0.932. The van der Waals surface area contributed by atoms with Crippen molar-refractivity contribution >= 4 is 11.8 Å². The molecular weight excluding hydrogens is 326 g/mol. The van der Waals surface area contributed by atoms with Crippen molar-refractivity contribution in [1.82, 2.24) is 15.2 Å². The van der Waals surface area contributed by atoms with Gasteiger partial charge in [0.2, 0.25) is 11.8 Å². The van der Waals surface area contributed by atoms with Crippen molar-refractivity contribution in [2.75, 3.05) is 13.1 Å². The third-order valence-corrected chi connectivity index (χ3v) is 7.47. The van der Waals surface area contributed by atoms with E-state index in [1.54, 1.807) is 0 Å². The van der Waals surface area contributed by atoms with E-state index >= 15 is 0 Å². The number of aromatic amines is 1. The Morgan fingerprint density at radius 3 is 2.46 bits per heavy atom. The number of aromatic nitrogens is 1. The Kier molecular flexibility index (Phi) is 3.87. The van der Waals surface area contributed by atoms with Crippen molar-refractivity contribution in [3.05, 3.63) is 24.0 Å². The van der Waals surface area contributed by atoms with Gasteiger partial charge in [-0.1, -0.05) is 0 Å². The van der Waals surface area contributed by atoms with Crippen LogP contribution in [0, 0.1) is 23.2 Å². The lowest BCUT2D eigenvalue weighted by Crippen LogP contribution is -2.54. The van der Waals surface area contributed by atoms with Gasteiger partial charge in [-0.25, -0.2) is 0 Å². The molecule has 26 heavy (non-hydrogen) atoms. The molecular formula is C21H29N3O2. The topological polar surface area (TPSA) is 65.2 Å². The van der Waals surface area contributed by atoms with Crippen LogP contribution in [0.4, 0.5) is 0 Å². The van der Waals surface area contributed by atoms with Gasteiger partial charge < -0.3 is 15.2 Å². The molecule has 5 nitrogen and oxygen atoms in total. The molecule has 4 bridgehead atoms. The Balaban J connectivity index is 1.22. The third-order valence-electron chi connectivity index (χ3n) is 7.47. The van der Waals surface area contributed by atoms with Crippen LogP contribution in [0.15, 0.2) is 18.3 Å². The zero-order valence-electron chi connectivity index (χ0n) is 15.4. The second-order valence-electron chi connectivity index (χ2n) is 9.25. The van der Waals surface area contributed by atoms with Gasteiger partial charge in [-0.3, -0.25) is 9.59 Å². The molecule has 0 aromatic carbocycles. The summed E-state index contributed by atoms with van der Waals surface area (Å²) < 4.78 is 0. The Hall–Kier alpha value is -1.78. The van der Waals surface area contributed by atoms with E-state index in [1.165, 1.54) is 19.3 Å². The quantitative estimate of drug-likeness (QED) is 0.872. The number of nitrogens with one attached hydrogen (secondary N) is 2. The lowest BCUT2D eigenvalue weighted by molar-refractivity contribution is -0.148. The Morgan fingerprint density at radius 1 is 1.15 bits per heavy atom. The Morgan fingerprint density at radius 2 is 1.85 bits per heavy atom. The molecule has 2 amide bonds. The first-order chi connectivity index (χ1) is 12.6. The molecule has 1 aromatic heterocycles. The number of carbonyl (C=O) groups excluding carboxylic acids is 2. The van der Waals surface area contributed by atoms with Gasteiger partial charge in [0, 0.05) is 23.9 Å². The highest BCUT2D eigenvalue weighted by Gasteiger charge is 2.54. The molecule has 2 heterocycles. The van der Waals surface area contributed by atoms with Crippen molar-refractivity contribution < 1.29 is 9.59 Å². The molecule has 6 rings (SSSR count). The van der Waals surface area contributed by atoms with E-state index in [0.717, 1.165) is 62.1 Å². The Bertz CT molecular complexity index is 661. The van der Waals surface area contributed by atoms with Crippen LogP contribution in [0.25, 0.3) is 0 Å². The van der Waals surface area contributed by atoms with Crippen LogP contribution < -0.4 is 5.32 Å². The minimum Gasteiger partial charge on any atom is -0.363 e. The number of H-pyrrole nitrogens is 1. The van der Waals surface area contributed by atoms with Gasteiger partial charge in [-0.05, 0) is 81.3 Å². The summed E-state index contributed by atoms with van der Waals surface area (Å²) in [5.74, 6) is 2.45. The van der Waals surface area contributed by atoms with Crippen LogP contribution in [0.1, 0.15) is 63.1 Å². The summed E-state index contributed by atoms with van der Waals surface area (Å²) in [6.07, 6.45) is 11.1. The van der Waals surface area contributed by atoms with E-state index in [2.05, 4.69) is 10.3 Å². The number of likely N-dealkylation sites (tertiary alicyclic amines) is 1. The van der Waals surface area contributed by atoms with Crippen molar-refractivity contribution in [2.24, 2.45) is 23.2 Å². The number of hydrogen-bond donors (Lipinski definition) is 2. The maximum Gasteiger partial charge on any atom is 0.242 e. The van der Waals surface area contributed by atoms with E-state index in [-0.39, 0.29) is 29.8 Å². The molecule has 5 fully saturated rings. The third kappa shape index (κ3) is 2.67. The summed E-state index contributed by atoms with van der Waals surface area (Å²) in [7, 11) is 0. The van der Waals surface area contributed by atoms with Gasteiger partial charge in [-0.15, -0.1) is 0 Å². The van der Waals surface area contributed by atoms with Crippen molar-refractivity contribution in [1.29, 1.82) is 0 Å². The first kappa shape index (κ1) is 16.4. The molecule has 1 saturated heterocycles. The molecule has 0 unspecified atom stereocenters. The fourth-order valence-corrected chi connectivity index (χ4v) is 6.77. The second-order valence-corrected chi connectivity index (χ2v) is 9.25. The fourth-order valence-electron chi connectivity index (χ4n) is 6.77. The highest BCUT2D eigenvalue weighted by molar-refractivity contribution is 5.88. The van der Waals surface area contributed by atoms with Crippen molar-refractivity contribution in [3.63, 3.8) is 0 Å². The number of rotatable bonds is 4. The molecule has 0 radical (unpaired) electrons. The van der Waals surface area contributed by atoms with Crippen LogP contribution in [0.5, 0.6) is 0 Å². The average molecular weight is 355 g/mol. The van der Waals surface area contributed by atoms with Crippen LogP contribution in [-0.4, -0.2) is 34.8 Å². The molecule has 1 aliphatic heterocycles. The highest BCUT2D eigenvalue weighted by Crippen LogP contribution is 2.60. The van der Waals surface area contributed by atoms with Gasteiger partial charge >= 0.3 is 0 Å². The summed E-state index contributed by atoms with van der Waals surface area (Å²) in [5, 5.41) is 3.04. The molecule has 1 atom stereocenters. The largest absolute Gasteiger partial charge is 0.363 e. The molecule has 1 aromatic rings. The predicted molar refractivity (Wildman–Crippen MR) is 98.1 cm³/mol. The minimum absolute atomic E-state index is 0.0557. The molecule has 5 heteroatoms. The van der Waals surface area contributed by atoms with Gasteiger partial charge in [0.1, 0.15) is 0 Å². The summed E-state index contributed by atoms with van der Waals surface area (Å²) in [4.78, 5) is 31.0. The van der Waals surface area contributed by atoms with Gasteiger partial charge in [0.25, 0.3) is 0 Å². The number of hydrogen-bond acceptors (Lipinski definition) is 2. The molecule has 4 aliphatic carbocycles. The number of amides is 2. The van der Waals surface area contributed by atoms with E-state index in [0.29, 0.717) is 0 Å². The van der Waals surface area contributed by atoms with Gasteiger partial charge in [-0.2, -0.15) is 0 Å². The molecule has 5 aliphatic rings.